The van der Waals surface area contributed by atoms with E-state index in [0.29, 0.717) is 13.0 Å². The Labute approximate surface area is 150 Å². The van der Waals surface area contributed by atoms with E-state index in [1.54, 1.807) is 0 Å². The lowest BCUT2D eigenvalue weighted by molar-refractivity contribution is -0.170. The summed E-state index contributed by atoms with van der Waals surface area (Å²) in [5.74, 6) is -0.230. The van der Waals surface area contributed by atoms with Crippen LogP contribution >= 0.6 is 12.4 Å². The zero-order valence-corrected chi connectivity index (χ0v) is 15.7. The van der Waals surface area contributed by atoms with Gasteiger partial charge in [0.25, 0.3) is 0 Å². The SMILES string of the molecule is CCOC1CC(N)(C(=O)NCC(O)c2ccccc2C)C1(C)C.Cl. The van der Waals surface area contributed by atoms with Crippen LogP contribution in [-0.4, -0.2) is 35.8 Å². The Morgan fingerprint density at radius 1 is 1.46 bits per heavy atom. The normalized spacial score (nSPS) is 26.0. The number of aryl methyl sites for hydroxylation is 1. The van der Waals surface area contributed by atoms with E-state index >= 15 is 0 Å². The number of rotatable bonds is 6. The molecule has 136 valence electrons. The van der Waals surface area contributed by atoms with Gasteiger partial charge in [-0.2, -0.15) is 0 Å². The molecule has 3 atom stereocenters. The topological polar surface area (TPSA) is 84.6 Å². The number of ether oxygens (including phenoxy) is 1. The van der Waals surface area contributed by atoms with E-state index in [2.05, 4.69) is 5.32 Å². The van der Waals surface area contributed by atoms with Gasteiger partial charge in [-0.05, 0) is 25.0 Å². The van der Waals surface area contributed by atoms with Crippen molar-refractivity contribution in [2.24, 2.45) is 11.1 Å². The molecule has 0 saturated heterocycles. The molecule has 1 aromatic rings. The summed E-state index contributed by atoms with van der Waals surface area (Å²) in [6.45, 7) is 8.54. The molecule has 5 nitrogen and oxygen atoms in total. The van der Waals surface area contributed by atoms with E-state index in [1.165, 1.54) is 0 Å². The van der Waals surface area contributed by atoms with Crippen molar-refractivity contribution in [2.45, 2.75) is 51.9 Å². The summed E-state index contributed by atoms with van der Waals surface area (Å²) in [5, 5.41) is 13.1. The Hall–Kier alpha value is -1.14. The van der Waals surface area contributed by atoms with E-state index in [-0.39, 0.29) is 31.0 Å². The number of carbonyl (C=O) groups excluding carboxylic acids is 1. The molecule has 1 amide bonds. The highest BCUT2D eigenvalue weighted by Gasteiger charge is 2.62. The van der Waals surface area contributed by atoms with Crippen LogP contribution in [0.5, 0.6) is 0 Å². The van der Waals surface area contributed by atoms with Crippen LogP contribution in [0.25, 0.3) is 0 Å². The second-order valence-corrected chi connectivity index (χ2v) is 6.92. The van der Waals surface area contributed by atoms with Crippen LogP contribution < -0.4 is 11.1 Å². The van der Waals surface area contributed by atoms with Crippen molar-refractivity contribution in [1.82, 2.24) is 5.32 Å². The Balaban J connectivity index is 0.00000288. The van der Waals surface area contributed by atoms with Crippen molar-refractivity contribution in [1.29, 1.82) is 0 Å². The summed E-state index contributed by atoms with van der Waals surface area (Å²) in [7, 11) is 0. The fraction of sp³-hybridized carbons (Fsp3) is 0.611. The van der Waals surface area contributed by atoms with Crippen LogP contribution in [0.15, 0.2) is 24.3 Å². The standard InChI is InChI=1S/C18H28N2O3.ClH/c1-5-23-15-10-18(19,17(15,3)4)16(22)20-11-14(21)13-9-7-6-8-12(13)2;/h6-9,14-15,21H,5,10-11,19H2,1-4H3,(H,20,22);1H. The fourth-order valence-corrected chi connectivity index (χ4v) is 3.24. The molecule has 1 saturated carbocycles. The maximum absolute atomic E-state index is 12.5. The van der Waals surface area contributed by atoms with E-state index < -0.39 is 17.1 Å². The summed E-state index contributed by atoms with van der Waals surface area (Å²) >= 11 is 0. The van der Waals surface area contributed by atoms with Gasteiger partial charge in [-0.15, -0.1) is 12.4 Å². The molecule has 4 N–H and O–H groups in total. The summed E-state index contributed by atoms with van der Waals surface area (Å²) in [4.78, 5) is 12.5. The minimum absolute atomic E-state index is 0. The van der Waals surface area contributed by atoms with Crippen molar-refractivity contribution in [3.8, 4) is 0 Å². The smallest absolute Gasteiger partial charge is 0.240 e. The highest BCUT2D eigenvalue weighted by molar-refractivity contribution is 5.88. The predicted octanol–water partition coefficient (Wildman–Crippen LogP) is 2.10. The van der Waals surface area contributed by atoms with Crippen molar-refractivity contribution in [2.75, 3.05) is 13.2 Å². The minimum Gasteiger partial charge on any atom is -0.387 e. The van der Waals surface area contributed by atoms with Gasteiger partial charge in [0.1, 0.15) is 5.54 Å². The second kappa shape index (κ2) is 7.83. The number of amides is 1. The lowest BCUT2D eigenvalue weighted by Crippen LogP contribution is -2.75. The van der Waals surface area contributed by atoms with Gasteiger partial charge >= 0.3 is 0 Å². The van der Waals surface area contributed by atoms with Crippen LogP contribution in [-0.2, 0) is 9.53 Å². The molecule has 24 heavy (non-hydrogen) atoms. The van der Waals surface area contributed by atoms with E-state index in [0.717, 1.165) is 11.1 Å². The molecular formula is C18H29ClN2O3. The van der Waals surface area contributed by atoms with Crippen LogP contribution in [0.3, 0.4) is 0 Å². The van der Waals surface area contributed by atoms with Crippen molar-refractivity contribution < 1.29 is 14.6 Å². The van der Waals surface area contributed by atoms with Gasteiger partial charge in [-0.1, -0.05) is 38.1 Å². The Morgan fingerprint density at radius 2 is 2.08 bits per heavy atom. The lowest BCUT2D eigenvalue weighted by Gasteiger charge is -2.57. The highest BCUT2D eigenvalue weighted by atomic mass is 35.5. The highest BCUT2D eigenvalue weighted by Crippen LogP contribution is 2.49. The summed E-state index contributed by atoms with van der Waals surface area (Å²) in [5.41, 5.74) is 6.75. The number of nitrogens with two attached hydrogens (primary N) is 1. The van der Waals surface area contributed by atoms with Gasteiger partial charge in [0, 0.05) is 25.0 Å². The Bertz CT molecular complexity index is 579. The summed E-state index contributed by atoms with van der Waals surface area (Å²) in [6.07, 6.45) is -0.251. The molecule has 3 unspecified atom stereocenters. The van der Waals surface area contributed by atoms with Crippen LogP contribution in [0.2, 0.25) is 0 Å². The molecule has 6 heteroatoms. The first-order valence-corrected chi connectivity index (χ1v) is 8.16. The minimum atomic E-state index is -0.960. The average Bonchev–Trinajstić information content (AvgIpc) is 2.52. The number of hydrogen-bond donors (Lipinski definition) is 3. The fourth-order valence-electron chi connectivity index (χ4n) is 3.24. The van der Waals surface area contributed by atoms with Crippen molar-refractivity contribution >= 4 is 18.3 Å². The molecule has 2 rings (SSSR count). The number of aliphatic hydroxyl groups is 1. The molecule has 0 aromatic heterocycles. The van der Waals surface area contributed by atoms with Crippen molar-refractivity contribution in [3.63, 3.8) is 0 Å². The van der Waals surface area contributed by atoms with Gasteiger partial charge in [0.15, 0.2) is 0 Å². The number of halogens is 1. The zero-order valence-electron chi connectivity index (χ0n) is 14.8. The lowest BCUT2D eigenvalue weighted by atomic mass is 9.54. The van der Waals surface area contributed by atoms with Gasteiger partial charge in [-0.3, -0.25) is 4.79 Å². The second-order valence-electron chi connectivity index (χ2n) is 6.92. The molecule has 0 bridgehead atoms. The van der Waals surface area contributed by atoms with Crippen molar-refractivity contribution in [3.05, 3.63) is 35.4 Å². The number of carbonyl (C=O) groups is 1. The number of aliphatic hydroxyl groups excluding tert-OH is 1. The van der Waals surface area contributed by atoms with Crippen LogP contribution in [0, 0.1) is 12.3 Å². The third-order valence-electron chi connectivity index (χ3n) is 5.24. The molecule has 1 aromatic carbocycles. The number of nitrogens with one attached hydrogen (secondary N) is 1. The van der Waals surface area contributed by atoms with Crippen LogP contribution in [0.4, 0.5) is 0 Å². The third kappa shape index (κ3) is 3.59. The monoisotopic (exact) mass is 356 g/mol. The average molecular weight is 357 g/mol. The van der Waals surface area contributed by atoms with Gasteiger partial charge in [0.05, 0.1) is 12.2 Å². The zero-order chi connectivity index (χ0) is 17.3. The van der Waals surface area contributed by atoms with Gasteiger partial charge in [0.2, 0.25) is 5.91 Å². The summed E-state index contributed by atoms with van der Waals surface area (Å²) < 4.78 is 5.64. The van der Waals surface area contributed by atoms with E-state index in [1.807, 2.05) is 52.0 Å². The molecule has 1 fully saturated rings. The quantitative estimate of drug-likeness (QED) is 0.728. The van der Waals surface area contributed by atoms with E-state index in [4.69, 9.17) is 10.5 Å². The molecular weight excluding hydrogens is 328 g/mol. The molecule has 0 heterocycles. The maximum Gasteiger partial charge on any atom is 0.240 e. The first-order valence-electron chi connectivity index (χ1n) is 8.16. The summed E-state index contributed by atoms with van der Waals surface area (Å²) in [6, 6.07) is 7.60. The molecule has 1 aliphatic rings. The first-order chi connectivity index (χ1) is 10.7. The van der Waals surface area contributed by atoms with Gasteiger partial charge < -0.3 is 20.9 Å². The Morgan fingerprint density at radius 3 is 2.62 bits per heavy atom. The number of benzene rings is 1. The van der Waals surface area contributed by atoms with Gasteiger partial charge in [-0.25, -0.2) is 0 Å². The molecule has 0 spiro atoms. The maximum atomic E-state index is 12.5. The van der Waals surface area contributed by atoms with Crippen LogP contribution in [0.1, 0.15) is 44.4 Å². The first kappa shape index (κ1) is 20.9. The molecule has 0 aliphatic heterocycles. The Kier molecular flexibility index (Phi) is 6.82. The third-order valence-corrected chi connectivity index (χ3v) is 5.24. The predicted molar refractivity (Wildman–Crippen MR) is 97.1 cm³/mol. The largest absolute Gasteiger partial charge is 0.387 e. The van der Waals surface area contributed by atoms with E-state index in [9.17, 15) is 9.90 Å². The number of hydrogen-bond acceptors (Lipinski definition) is 4. The molecule has 0 radical (unpaired) electrons. The molecule has 1 aliphatic carbocycles.